The molecule has 1 aromatic carbocycles. The minimum atomic E-state index is -0.369. The maximum atomic E-state index is 10.6. The third-order valence-electron chi connectivity index (χ3n) is 3.98. The fraction of sp³-hybridized carbons (Fsp3) is 0.571. The number of aliphatic hydroxyl groups is 1. The Morgan fingerprint density at radius 1 is 1.12 bits per heavy atom. The third kappa shape index (κ3) is 1.87. The van der Waals surface area contributed by atoms with E-state index in [-0.39, 0.29) is 11.6 Å². The largest absolute Gasteiger partial charge is 0.386 e. The minimum absolute atomic E-state index is 0.0542. The monoisotopic (exact) mass is 219 g/mol. The number of aliphatic hydroxyl groups excluding tert-OH is 1. The molecule has 2 rings (SSSR count). The van der Waals surface area contributed by atoms with E-state index in [0.717, 1.165) is 18.4 Å². The second-order valence-electron chi connectivity index (χ2n) is 5.02. The summed E-state index contributed by atoms with van der Waals surface area (Å²) in [5, 5.41) is 10.6. The Kier molecular flexibility index (Phi) is 3.31. The van der Waals surface area contributed by atoms with E-state index in [0.29, 0.717) is 0 Å². The zero-order valence-corrected chi connectivity index (χ0v) is 10.2. The van der Waals surface area contributed by atoms with E-state index in [1.807, 2.05) is 30.3 Å². The van der Waals surface area contributed by atoms with Crippen molar-refractivity contribution in [3.63, 3.8) is 0 Å². The zero-order valence-electron chi connectivity index (χ0n) is 10.2. The van der Waals surface area contributed by atoms with Crippen LogP contribution in [-0.4, -0.2) is 29.6 Å². The SMILES string of the molecule is CN(C)C1([C@H](O)c2ccccc2)CCCC1. The molecule has 16 heavy (non-hydrogen) atoms. The Morgan fingerprint density at radius 2 is 1.69 bits per heavy atom. The Morgan fingerprint density at radius 3 is 2.19 bits per heavy atom. The summed E-state index contributed by atoms with van der Waals surface area (Å²) < 4.78 is 0. The molecule has 1 saturated carbocycles. The van der Waals surface area contributed by atoms with Crippen LogP contribution in [0.1, 0.15) is 37.4 Å². The number of benzene rings is 1. The smallest absolute Gasteiger partial charge is 0.0973 e. The summed E-state index contributed by atoms with van der Waals surface area (Å²) >= 11 is 0. The van der Waals surface area contributed by atoms with Crippen LogP contribution in [0.25, 0.3) is 0 Å². The first-order valence-electron chi connectivity index (χ1n) is 6.07. The molecule has 0 aromatic heterocycles. The molecule has 1 aromatic rings. The number of hydrogen-bond acceptors (Lipinski definition) is 2. The van der Waals surface area contributed by atoms with E-state index in [4.69, 9.17) is 0 Å². The molecule has 1 N–H and O–H groups in total. The maximum Gasteiger partial charge on any atom is 0.0973 e. The molecule has 1 aliphatic carbocycles. The summed E-state index contributed by atoms with van der Waals surface area (Å²) in [5.41, 5.74) is 0.986. The Hall–Kier alpha value is -0.860. The van der Waals surface area contributed by atoms with Gasteiger partial charge in [-0.3, -0.25) is 0 Å². The van der Waals surface area contributed by atoms with Crippen LogP contribution in [0.4, 0.5) is 0 Å². The van der Waals surface area contributed by atoms with Gasteiger partial charge in [-0.2, -0.15) is 0 Å². The lowest BCUT2D eigenvalue weighted by atomic mass is 9.85. The highest BCUT2D eigenvalue weighted by atomic mass is 16.3. The van der Waals surface area contributed by atoms with E-state index < -0.39 is 0 Å². The van der Waals surface area contributed by atoms with Gasteiger partial charge in [0.25, 0.3) is 0 Å². The van der Waals surface area contributed by atoms with Gasteiger partial charge in [0.2, 0.25) is 0 Å². The second-order valence-corrected chi connectivity index (χ2v) is 5.02. The number of hydrogen-bond donors (Lipinski definition) is 1. The molecular weight excluding hydrogens is 198 g/mol. The van der Waals surface area contributed by atoms with Crippen LogP contribution in [0.3, 0.4) is 0 Å². The van der Waals surface area contributed by atoms with Gasteiger partial charge in [0.15, 0.2) is 0 Å². The van der Waals surface area contributed by atoms with Crippen molar-refractivity contribution in [1.82, 2.24) is 4.90 Å². The van der Waals surface area contributed by atoms with Crippen LogP contribution in [0.5, 0.6) is 0 Å². The lowest BCUT2D eigenvalue weighted by molar-refractivity contribution is -0.00474. The summed E-state index contributed by atoms with van der Waals surface area (Å²) in [4.78, 5) is 2.21. The standard InChI is InChI=1S/C14H21NO/c1-15(2)14(10-6-7-11-14)13(16)12-8-4-3-5-9-12/h3-5,8-9,13,16H,6-7,10-11H2,1-2H3/t13-/m1/s1. The summed E-state index contributed by atoms with van der Waals surface area (Å²) in [5.74, 6) is 0. The average Bonchev–Trinajstić information content (AvgIpc) is 2.79. The summed E-state index contributed by atoms with van der Waals surface area (Å²) in [7, 11) is 4.16. The molecule has 0 aliphatic heterocycles. The van der Waals surface area contributed by atoms with E-state index in [2.05, 4.69) is 19.0 Å². The van der Waals surface area contributed by atoms with Gasteiger partial charge in [0.1, 0.15) is 0 Å². The van der Waals surface area contributed by atoms with Crippen LogP contribution in [0, 0.1) is 0 Å². The maximum absolute atomic E-state index is 10.6. The van der Waals surface area contributed by atoms with Gasteiger partial charge in [0.05, 0.1) is 11.6 Å². The van der Waals surface area contributed by atoms with Crippen molar-refractivity contribution < 1.29 is 5.11 Å². The fourth-order valence-electron chi connectivity index (χ4n) is 2.90. The lowest BCUT2D eigenvalue weighted by Gasteiger charge is -2.40. The first-order chi connectivity index (χ1) is 7.67. The van der Waals surface area contributed by atoms with Crippen molar-refractivity contribution in [2.24, 2.45) is 0 Å². The van der Waals surface area contributed by atoms with Crippen molar-refractivity contribution >= 4 is 0 Å². The highest BCUT2D eigenvalue weighted by molar-refractivity contribution is 5.22. The van der Waals surface area contributed by atoms with Crippen molar-refractivity contribution in [2.45, 2.75) is 37.3 Å². The first-order valence-corrected chi connectivity index (χ1v) is 6.07. The molecule has 0 amide bonds. The van der Waals surface area contributed by atoms with Gasteiger partial charge in [0, 0.05) is 0 Å². The van der Waals surface area contributed by atoms with Gasteiger partial charge in [-0.05, 0) is 32.5 Å². The first kappa shape index (κ1) is 11.6. The topological polar surface area (TPSA) is 23.5 Å². The predicted octanol–water partition coefficient (Wildman–Crippen LogP) is 2.59. The van der Waals surface area contributed by atoms with Gasteiger partial charge in [-0.1, -0.05) is 43.2 Å². The van der Waals surface area contributed by atoms with Crippen molar-refractivity contribution in [3.8, 4) is 0 Å². The zero-order chi connectivity index (χ0) is 11.6. The lowest BCUT2D eigenvalue weighted by Crippen LogP contribution is -2.46. The molecule has 2 heteroatoms. The summed E-state index contributed by atoms with van der Waals surface area (Å²) in [6.45, 7) is 0. The molecule has 88 valence electrons. The molecule has 2 nitrogen and oxygen atoms in total. The molecule has 0 saturated heterocycles. The van der Waals surface area contributed by atoms with E-state index >= 15 is 0 Å². The molecule has 1 fully saturated rings. The number of nitrogens with zero attached hydrogens (tertiary/aromatic N) is 1. The van der Waals surface area contributed by atoms with Crippen LogP contribution in [0.15, 0.2) is 30.3 Å². The van der Waals surface area contributed by atoms with Crippen molar-refractivity contribution in [3.05, 3.63) is 35.9 Å². The average molecular weight is 219 g/mol. The number of likely N-dealkylation sites (N-methyl/N-ethyl adjacent to an activating group) is 1. The number of rotatable bonds is 3. The predicted molar refractivity (Wildman–Crippen MR) is 66.3 cm³/mol. The van der Waals surface area contributed by atoms with Crippen LogP contribution >= 0.6 is 0 Å². The van der Waals surface area contributed by atoms with E-state index in [1.54, 1.807) is 0 Å². The highest BCUT2D eigenvalue weighted by Gasteiger charge is 2.42. The van der Waals surface area contributed by atoms with Gasteiger partial charge in [-0.15, -0.1) is 0 Å². The molecule has 0 bridgehead atoms. The normalized spacial score (nSPS) is 21.2. The Balaban J connectivity index is 2.28. The molecule has 0 spiro atoms. The van der Waals surface area contributed by atoms with Crippen molar-refractivity contribution in [2.75, 3.05) is 14.1 Å². The fourth-order valence-corrected chi connectivity index (χ4v) is 2.90. The molecule has 1 aliphatic rings. The molecule has 1 atom stereocenters. The molecule has 0 heterocycles. The minimum Gasteiger partial charge on any atom is -0.386 e. The van der Waals surface area contributed by atoms with E-state index in [1.165, 1.54) is 12.8 Å². The van der Waals surface area contributed by atoms with Gasteiger partial charge < -0.3 is 10.0 Å². The molecular formula is C14H21NO. The Bertz CT molecular complexity index is 328. The van der Waals surface area contributed by atoms with Gasteiger partial charge in [-0.25, -0.2) is 0 Å². The second kappa shape index (κ2) is 4.56. The third-order valence-corrected chi connectivity index (χ3v) is 3.98. The van der Waals surface area contributed by atoms with Crippen LogP contribution in [0.2, 0.25) is 0 Å². The molecule has 0 unspecified atom stereocenters. The molecule has 0 radical (unpaired) electrons. The quantitative estimate of drug-likeness (QED) is 0.844. The van der Waals surface area contributed by atoms with Gasteiger partial charge >= 0.3 is 0 Å². The Labute approximate surface area is 97.9 Å². The van der Waals surface area contributed by atoms with Crippen LogP contribution < -0.4 is 0 Å². The summed E-state index contributed by atoms with van der Waals surface area (Å²) in [6, 6.07) is 10.0. The summed E-state index contributed by atoms with van der Waals surface area (Å²) in [6.07, 6.45) is 4.27. The van der Waals surface area contributed by atoms with Crippen molar-refractivity contribution in [1.29, 1.82) is 0 Å². The van der Waals surface area contributed by atoms with E-state index in [9.17, 15) is 5.11 Å². The van der Waals surface area contributed by atoms with Crippen LogP contribution in [-0.2, 0) is 0 Å². The highest BCUT2D eigenvalue weighted by Crippen LogP contribution is 2.43.